The Morgan fingerprint density at radius 1 is 1.26 bits per heavy atom. The van der Waals surface area contributed by atoms with Gasteiger partial charge in [-0.15, -0.1) is 0 Å². The zero-order chi connectivity index (χ0) is 13.2. The number of benzene rings is 1. The Hall–Kier alpha value is -2.89. The highest BCUT2D eigenvalue weighted by molar-refractivity contribution is 5.83. The zero-order valence-corrected chi connectivity index (χ0v) is 9.82. The molecule has 0 aliphatic rings. The van der Waals surface area contributed by atoms with Crippen LogP contribution in [0.25, 0.3) is 11.2 Å². The van der Waals surface area contributed by atoms with E-state index < -0.39 is 0 Å². The second kappa shape index (κ2) is 4.41. The van der Waals surface area contributed by atoms with Gasteiger partial charge in [-0.05, 0) is 24.3 Å². The van der Waals surface area contributed by atoms with E-state index in [0.717, 1.165) is 4.68 Å². The van der Waals surface area contributed by atoms with E-state index in [0.29, 0.717) is 16.7 Å². The van der Waals surface area contributed by atoms with Crippen molar-refractivity contribution in [3.05, 3.63) is 58.6 Å². The number of nitrogens with one attached hydrogen (secondary N) is 1. The molecule has 94 valence electrons. The summed E-state index contributed by atoms with van der Waals surface area (Å²) >= 11 is 0. The number of phenols is 1. The number of hydrogen-bond acceptors (Lipinski definition) is 4. The molecule has 3 aromatic rings. The fourth-order valence-electron chi connectivity index (χ4n) is 1.75. The molecular weight excluding hydrogens is 244 g/mol. The van der Waals surface area contributed by atoms with Gasteiger partial charge in [0.1, 0.15) is 5.75 Å². The molecule has 2 heterocycles. The summed E-state index contributed by atoms with van der Waals surface area (Å²) in [5.74, 6) is 0.104. The molecule has 0 fully saturated rings. The number of imidazole rings is 1. The number of aromatic hydroxyl groups is 1. The average molecular weight is 254 g/mol. The van der Waals surface area contributed by atoms with E-state index in [1.54, 1.807) is 42.6 Å². The Morgan fingerprint density at radius 2 is 2.11 bits per heavy atom. The molecule has 2 N–H and O–H groups in total. The molecule has 0 saturated heterocycles. The second-order valence-electron chi connectivity index (χ2n) is 3.92. The van der Waals surface area contributed by atoms with Crippen molar-refractivity contribution in [2.75, 3.05) is 0 Å². The minimum absolute atomic E-state index is 0.104. The van der Waals surface area contributed by atoms with Gasteiger partial charge in [-0.1, -0.05) is 12.1 Å². The van der Waals surface area contributed by atoms with E-state index in [1.165, 1.54) is 6.21 Å². The van der Waals surface area contributed by atoms with Crippen LogP contribution in [0.4, 0.5) is 0 Å². The monoisotopic (exact) mass is 254 g/mol. The van der Waals surface area contributed by atoms with Crippen LogP contribution >= 0.6 is 0 Å². The Labute approximate surface area is 107 Å². The van der Waals surface area contributed by atoms with Crippen LogP contribution in [-0.2, 0) is 0 Å². The molecule has 0 unspecified atom stereocenters. The zero-order valence-electron chi connectivity index (χ0n) is 9.82. The molecular formula is C13H10N4O2. The highest BCUT2D eigenvalue weighted by Gasteiger charge is 2.05. The minimum atomic E-state index is -0.375. The normalized spacial score (nSPS) is 11.4. The van der Waals surface area contributed by atoms with Gasteiger partial charge >= 0.3 is 5.69 Å². The lowest BCUT2D eigenvalue weighted by atomic mass is 10.2. The molecule has 0 spiro atoms. The topological polar surface area (TPSA) is 83.3 Å². The third-order valence-corrected chi connectivity index (χ3v) is 2.67. The number of hydrogen-bond donors (Lipinski definition) is 2. The first-order valence-electron chi connectivity index (χ1n) is 5.64. The lowest BCUT2D eigenvalue weighted by molar-refractivity contribution is 0.474. The number of nitrogens with zero attached hydrogens (tertiary/aromatic N) is 3. The van der Waals surface area contributed by atoms with E-state index >= 15 is 0 Å². The molecule has 2 aromatic heterocycles. The lowest BCUT2D eigenvalue weighted by Gasteiger charge is -1.97. The molecule has 6 nitrogen and oxygen atoms in total. The fraction of sp³-hybridized carbons (Fsp3) is 0. The van der Waals surface area contributed by atoms with Gasteiger partial charge in [0.2, 0.25) is 0 Å². The van der Waals surface area contributed by atoms with Gasteiger partial charge in [-0.3, -0.25) is 0 Å². The molecule has 0 radical (unpaired) electrons. The predicted octanol–water partition coefficient (Wildman–Crippen LogP) is 1.31. The largest absolute Gasteiger partial charge is 0.507 e. The van der Waals surface area contributed by atoms with Crippen LogP contribution in [0.15, 0.2) is 52.5 Å². The van der Waals surface area contributed by atoms with Crippen LogP contribution in [0.3, 0.4) is 0 Å². The van der Waals surface area contributed by atoms with Crippen LogP contribution in [0.2, 0.25) is 0 Å². The van der Waals surface area contributed by atoms with E-state index in [1.807, 2.05) is 0 Å². The molecule has 19 heavy (non-hydrogen) atoms. The molecule has 1 aromatic carbocycles. The quantitative estimate of drug-likeness (QED) is 0.676. The van der Waals surface area contributed by atoms with E-state index in [-0.39, 0.29) is 11.4 Å². The summed E-state index contributed by atoms with van der Waals surface area (Å²) in [7, 11) is 0. The van der Waals surface area contributed by atoms with Crippen LogP contribution in [0.1, 0.15) is 5.56 Å². The summed E-state index contributed by atoms with van der Waals surface area (Å²) in [5, 5.41) is 13.7. The molecule has 0 saturated carbocycles. The maximum atomic E-state index is 11.7. The number of phenolic OH excluding ortho intramolecular Hbond substituents is 1. The molecule has 3 rings (SSSR count). The van der Waals surface area contributed by atoms with Gasteiger partial charge < -0.3 is 10.1 Å². The minimum Gasteiger partial charge on any atom is -0.507 e. The summed E-state index contributed by atoms with van der Waals surface area (Å²) in [4.78, 5) is 18.5. The molecule has 0 atom stereocenters. The summed E-state index contributed by atoms with van der Waals surface area (Å²) < 4.78 is 1.15. The van der Waals surface area contributed by atoms with Gasteiger partial charge in [0.05, 0.1) is 11.7 Å². The maximum absolute atomic E-state index is 11.7. The standard InChI is InChI=1S/C13H10N4O2/c18-11-6-2-1-4-9(11)8-15-17-12-10(16-13(17)19)5-3-7-14-12/h1-8,18H,(H,16,19)/b15-8+. The Kier molecular flexibility index (Phi) is 2.60. The lowest BCUT2D eigenvalue weighted by Crippen LogP contribution is -2.12. The summed E-state index contributed by atoms with van der Waals surface area (Å²) in [6.07, 6.45) is 3.00. The van der Waals surface area contributed by atoms with Crippen molar-refractivity contribution < 1.29 is 5.11 Å². The van der Waals surface area contributed by atoms with Gasteiger partial charge in [-0.2, -0.15) is 9.78 Å². The first kappa shape index (κ1) is 11.2. The van der Waals surface area contributed by atoms with Crippen LogP contribution < -0.4 is 5.69 Å². The number of aromatic nitrogens is 3. The Morgan fingerprint density at radius 3 is 2.95 bits per heavy atom. The first-order chi connectivity index (χ1) is 9.25. The summed E-state index contributed by atoms with van der Waals surface area (Å²) in [5.41, 5.74) is 1.21. The van der Waals surface area contributed by atoms with Crippen molar-refractivity contribution in [2.45, 2.75) is 0 Å². The second-order valence-corrected chi connectivity index (χ2v) is 3.92. The van der Waals surface area contributed by atoms with Crippen molar-refractivity contribution in [3.63, 3.8) is 0 Å². The van der Waals surface area contributed by atoms with E-state index in [2.05, 4.69) is 15.1 Å². The maximum Gasteiger partial charge on any atom is 0.348 e. The third kappa shape index (κ3) is 1.99. The Bertz CT molecular complexity index is 817. The number of rotatable bonds is 2. The van der Waals surface area contributed by atoms with Gasteiger partial charge in [0.25, 0.3) is 0 Å². The molecule has 0 bridgehead atoms. The highest BCUT2D eigenvalue weighted by Crippen LogP contribution is 2.13. The van der Waals surface area contributed by atoms with E-state index in [4.69, 9.17) is 0 Å². The van der Waals surface area contributed by atoms with Crippen molar-refractivity contribution >= 4 is 17.4 Å². The molecule has 0 aliphatic heterocycles. The highest BCUT2D eigenvalue weighted by atomic mass is 16.3. The third-order valence-electron chi connectivity index (χ3n) is 2.67. The van der Waals surface area contributed by atoms with Gasteiger partial charge in [0.15, 0.2) is 5.65 Å². The SMILES string of the molecule is O=c1[nH]c2cccnc2n1/N=C/c1ccccc1O. The van der Waals surface area contributed by atoms with Crippen LogP contribution in [0.5, 0.6) is 5.75 Å². The number of H-pyrrole nitrogens is 1. The van der Waals surface area contributed by atoms with E-state index in [9.17, 15) is 9.90 Å². The average Bonchev–Trinajstić information content (AvgIpc) is 2.74. The Balaban J connectivity index is 2.09. The first-order valence-corrected chi connectivity index (χ1v) is 5.64. The molecule has 0 amide bonds. The molecule has 6 heteroatoms. The molecule has 0 aliphatic carbocycles. The summed E-state index contributed by atoms with van der Waals surface area (Å²) in [6.45, 7) is 0. The fourth-order valence-corrected chi connectivity index (χ4v) is 1.75. The number of para-hydroxylation sites is 1. The number of fused-ring (bicyclic) bond motifs is 1. The van der Waals surface area contributed by atoms with Gasteiger partial charge in [-0.25, -0.2) is 9.78 Å². The van der Waals surface area contributed by atoms with Crippen molar-refractivity contribution in [1.82, 2.24) is 14.6 Å². The van der Waals surface area contributed by atoms with Crippen LogP contribution in [-0.4, -0.2) is 26.0 Å². The smallest absolute Gasteiger partial charge is 0.348 e. The van der Waals surface area contributed by atoms with Crippen molar-refractivity contribution in [2.24, 2.45) is 5.10 Å². The van der Waals surface area contributed by atoms with Crippen molar-refractivity contribution in [1.29, 1.82) is 0 Å². The van der Waals surface area contributed by atoms with Crippen molar-refractivity contribution in [3.8, 4) is 5.75 Å². The summed E-state index contributed by atoms with van der Waals surface area (Å²) in [6, 6.07) is 10.2. The van der Waals surface area contributed by atoms with Gasteiger partial charge in [0, 0.05) is 11.8 Å². The number of aromatic amines is 1. The number of pyridine rings is 1. The predicted molar refractivity (Wildman–Crippen MR) is 71.5 cm³/mol. The van der Waals surface area contributed by atoms with Crippen LogP contribution in [0, 0.1) is 0 Å².